The maximum absolute atomic E-state index is 6.40. The van der Waals surface area contributed by atoms with Crippen LogP contribution < -0.4 is 5.73 Å². The van der Waals surface area contributed by atoms with E-state index in [-0.39, 0.29) is 0 Å². The number of aromatic nitrogens is 3. The number of hydrogen-bond acceptors (Lipinski definition) is 3. The summed E-state index contributed by atoms with van der Waals surface area (Å²) < 4.78 is 2.76. The number of nitrogens with two attached hydrogens (primary N) is 1. The zero-order valence-corrected chi connectivity index (χ0v) is 14.7. The number of nitrogens with zero attached hydrogens (tertiary/aromatic N) is 3. The second-order valence-corrected chi connectivity index (χ2v) is 6.54. The first kappa shape index (κ1) is 14.9. The summed E-state index contributed by atoms with van der Waals surface area (Å²) in [5.74, 6) is 0.590. The molecule has 0 radical (unpaired) electrons. The van der Waals surface area contributed by atoms with Crippen LogP contribution in [0.5, 0.6) is 0 Å². The Morgan fingerprint density at radius 2 is 1.67 bits per heavy atom. The van der Waals surface area contributed by atoms with Crippen molar-refractivity contribution in [3.8, 4) is 22.3 Å². The summed E-state index contributed by atoms with van der Waals surface area (Å²) in [7, 11) is 0. The van der Waals surface area contributed by atoms with Gasteiger partial charge in [-0.2, -0.15) is 9.61 Å². The molecule has 0 fully saturated rings. The van der Waals surface area contributed by atoms with Crippen LogP contribution in [0.3, 0.4) is 0 Å². The van der Waals surface area contributed by atoms with Crippen molar-refractivity contribution in [1.29, 1.82) is 0 Å². The fraction of sp³-hybridized carbons (Fsp3) is 0.0526. The molecular formula is C19H15BrN4. The first-order valence-electron chi connectivity index (χ1n) is 7.60. The van der Waals surface area contributed by atoms with E-state index in [0.29, 0.717) is 5.82 Å². The van der Waals surface area contributed by atoms with Crippen LogP contribution >= 0.6 is 15.9 Å². The Labute approximate surface area is 148 Å². The standard InChI is InChI=1S/C19H15BrN4/c1-12-17(14-5-3-2-4-6-14)19-22-11-16(18(21)24(19)23-12)13-7-9-15(20)10-8-13/h2-11H,21H2,1H3. The molecule has 0 unspecified atom stereocenters. The molecule has 2 heterocycles. The van der Waals surface area contributed by atoms with Gasteiger partial charge in [0.2, 0.25) is 0 Å². The average Bonchev–Trinajstić information content (AvgIpc) is 2.94. The molecule has 4 rings (SSSR count). The predicted molar refractivity (Wildman–Crippen MR) is 101 cm³/mol. The fourth-order valence-electron chi connectivity index (χ4n) is 2.90. The molecule has 0 atom stereocenters. The molecule has 0 aliphatic rings. The first-order chi connectivity index (χ1) is 11.6. The average molecular weight is 379 g/mol. The number of fused-ring (bicyclic) bond motifs is 1. The molecule has 0 saturated heterocycles. The topological polar surface area (TPSA) is 56.2 Å². The Hall–Kier alpha value is -2.66. The van der Waals surface area contributed by atoms with Crippen LogP contribution in [0.25, 0.3) is 27.9 Å². The summed E-state index contributed by atoms with van der Waals surface area (Å²) in [5.41, 5.74) is 12.1. The molecule has 0 aliphatic heterocycles. The Morgan fingerprint density at radius 1 is 0.958 bits per heavy atom. The quantitative estimate of drug-likeness (QED) is 0.549. The summed E-state index contributed by atoms with van der Waals surface area (Å²) in [4.78, 5) is 4.65. The number of rotatable bonds is 2. The highest BCUT2D eigenvalue weighted by molar-refractivity contribution is 9.10. The van der Waals surface area contributed by atoms with Gasteiger partial charge in [0.25, 0.3) is 0 Å². The van der Waals surface area contributed by atoms with Crippen LogP contribution in [0, 0.1) is 6.92 Å². The summed E-state index contributed by atoms with van der Waals surface area (Å²) in [6.45, 7) is 1.98. The molecule has 4 nitrogen and oxygen atoms in total. The van der Waals surface area contributed by atoms with E-state index in [1.165, 1.54) is 0 Å². The van der Waals surface area contributed by atoms with Crippen molar-refractivity contribution in [2.45, 2.75) is 6.92 Å². The fourth-order valence-corrected chi connectivity index (χ4v) is 3.17. The smallest absolute Gasteiger partial charge is 0.165 e. The Morgan fingerprint density at radius 3 is 2.38 bits per heavy atom. The molecule has 0 spiro atoms. The molecule has 24 heavy (non-hydrogen) atoms. The molecule has 4 aromatic rings. The van der Waals surface area contributed by atoms with Crippen molar-refractivity contribution < 1.29 is 0 Å². The lowest BCUT2D eigenvalue weighted by atomic mass is 10.1. The summed E-state index contributed by atoms with van der Waals surface area (Å²) in [6, 6.07) is 18.1. The Balaban J connectivity index is 1.94. The first-order valence-corrected chi connectivity index (χ1v) is 8.39. The normalized spacial score (nSPS) is 11.1. The van der Waals surface area contributed by atoms with Crippen LogP contribution in [-0.4, -0.2) is 14.6 Å². The van der Waals surface area contributed by atoms with E-state index in [1.54, 1.807) is 4.52 Å². The number of halogens is 1. The second-order valence-electron chi connectivity index (χ2n) is 5.63. The third-order valence-corrected chi connectivity index (χ3v) is 4.60. The molecule has 2 aromatic carbocycles. The van der Waals surface area contributed by atoms with Gasteiger partial charge in [-0.15, -0.1) is 0 Å². The van der Waals surface area contributed by atoms with Crippen LogP contribution in [-0.2, 0) is 0 Å². The Bertz CT molecular complexity index is 1020. The highest BCUT2D eigenvalue weighted by Gasteiger charge is 2.16. The molecule has 5 heteroatoms. The third kappa shape index (κ3) is 2.37. The van der Waals surface area contributed by atoms with Crippen molar-refractivity contribution in [1.82, 2.24) is 14.6 Å². The van der Waals surface area contributed by atoms with Gasteiger partial charge in [-0.25, -0.2) is 4.98 Å². The third-order valence-electron chi connectivity index (χ3n) is 4.07. The SMILES string of the molecule is Cc1nn2c(N)c(-c3ccc(Br)cc3)cnc2c1-c1ccccc1. The number of benzene rings is 2. The summed E-state index contributed by atoms with van der Waals surface area (Å²) >= 11 is 3.45. The number of anilines is 1. The van der Waals surface area contributed by atoms with E-state index >= 15 is 0 Å². The van der Waals surface area contributed by atoms with Crippen molar-refractivity contribution in [3.05, 3.63) is 71.0 Å². The molecular weight excluding hydrogens is 364 g/mol. The van der Waals surface area contributed by atoms with Gasteiger partial charge < -0.3 is 5.73 Å². The van der Waals surface area contributed by atoms with Gasteiger partial charge in [-0.1, -0.05) is 58.4 Å². The van der Waals surface area contributed by atoms with Crippen LogP contribution in [0.4, 0.5) is 5.82 Å². The molecule has 2 N–H and O–H groups in total. The van der Waals surface area contributed by atoms with Gasteiger partial charge in [-0.05, 0) is 30.2 Å². The van der Waals surface area contributed by atoms with E-state index < -0.39 is 0 Å². The van der Waals surface area contributed by atoms with Crippen LogP contribution in [0.2, 0.25) is 0 Å². The van der Waals surface area contributed by atoms with Crippen LogP contribution in [0.1, 0.15) is 5.69 Å². The number of aryl methyl sites for hydroxylation is 1. The summed E-state index contributed by atoms with van der Waals surface area (Å²) in [6.07, 6.45) is 1.82. The highest BCUT2D eigenvalue weighted by atomic mass is 79.9. The van der Waals surface area contributed by atoms with E-state index in [1.807, 2.05) is 55.6 Å². The molecule has 118 valence electrons. The molecule has 0 bridgehead atoms. The van der Waals surface area contributed by atoms with Gasteiger partial charge >= 0.3 is 0 Å². The minimum Gasteiger partial charge on any atom is -0.383 e. The maximum Gasteiger partial charge on any atom is 0.165 e. The van der Waals surface area contributed by atoms with Gasteiger partial charge in [0.1, 0.15) is 5.82 Å². The lowest BCUT2D eigenvalue weighted by Crippen LogP contribution is -2.02. The zero-order valence-electron chi connectivity index (χ0n) is 13.1. The number of nitrogen functional groups attached to an aromatic ring is 1. The molecule has 0 saturated carbocycles. The van der Waals surface area contributed by atoms with E-state index in [9.17, 15) is 0 Å². The second kappa shape index (κ2) is 5.76. The van der Waals surface area contributed by atoms with Crippen LogP contribution in [0.15, 0.2) is 65.3 Å². The van der Waals surface area contributed by atoms with Gasteiger partial charge in [-0.3, -0.25) is 0 Å². The maximum atomic E-state index is 6.40. The lowest BCUT2D eigenvalue weighted by Gasteiger charge is -2.08. The van der Waals surface area contributed by atoms with Crippen molar-refractivity contribution in [2.75, 3.05) is 5.73 Å². The zero-order chi connectivity index (χ0) is 16.7. The lowest BCUT2D eigenvalue weighted by molar-refractivity contribution is 0.930. The monoisotopic (exact) mass is 378 g/mol. The number of hydrogen-bond donors (Lipinski definition) is 1. The highest BCUT2D eigenvalue weighted by Crippen LogP contribution is 2.32. The van der Waals surface area contributed by atoms with Crippen molar-refractivity contribution in [2.24, 2.45) is 0 Å². The summed E-state index contributed by atoms with van der Waals surface area (Å²) in [5, 5.41) is 4.61. The largest absolute Gasteiger partial charge is 0.383 e. The van der Waals surface area contributed by atoms with E-state index in [2.05, 4.69) is 38.1 Å². The van der Waals surface area contributed by atoms with E-state index in [0.717, 1.165) is 38.1 Å². The predicted octanol–water partition coefficient (Wildman–Crippen LogP) is 4.72. The van der Waals surface area contributed by atoms with Crippen molar-refractivity contribution >= 4 is 27.4 Å². The van der Waals surface area contributed by atoms with Gasteiger partial charge in [0.05, 0.1) is 5.69 Å². The van der Waals surface area contributed by atoms with Gasteiger partial charge in [0.15, 0.2) is 5.65 Å². The van der Waals surface area contributed by atoms with E-state index in [4.69, 9.17) is 5.73 Å². The minimum atomic E-state index is 0.590. The minimum absolute atomic E-state index is 0.590. The van der Waals surface area contributed by atoms with Gasteiger partial charge in [0, 0.05) is 21.8 Å². The molecule has 0 amide bonds. The molecule has 0 aliphatic carbocycles. The molecule has 2 aromatic heterocycles. The Kier molecular flexibility index (Phi) is 3.58. The van der Waals surface area contributed by atoms with Crippen molar-refractivity contribution in [3.63, 3.8) is 0 Å².